The normalized spacial score (nSPS) is 14.3. The molecule has 138 valence electrons. The fraction of sp³-hybridized carbons (Fsp3) is 0.300. The molecule has 4 rings (SSSR count). The summed E-state index contributed by atoms with van der Waals surface area (Å²) < 4.78 is 0. The van der Waals surface area contributed by atoms with Crippen molar-refractivity contribution in [3.05, 3.63) is 66.1 Å². The van der Waals surface area contributed by atoms with Gasteiger partial charge in [0, 0.05) is 51.3 Å². The molecule has 1 aliphatic rings. The maximum Gasteiger partial charge on any atom is 0.225 e. The molecule has 0 amide bonds. The molecule has 3 heterocycles. The van der Waals surface area contributed by atoms with E-state index in [0.717, 1.165) is 44.5 Å². The quantitative estimate of drug-likeness (QED) is 0.749. The van der Waals surface area contributed by atoms with Gasteiger partial charge < -0.3 is 15.1 Å². The molecule has 3 aromatic rings. The van der Waals surface area contributed by atoms with E-state index in [1.807, 2.05) is 18.3 Å². The van der Waals surface area contributed by atoms with Gasteiger partial charge >= 0.3 is 0 Å². The first-order valence-electron chi connectivity index (χ1n) is 9.18. The molecule has 0 bridgehead atoms. The highest BCUT2D eigenvalue weighted by Gasteiger charge is 2.20. The highest BCUT2D eigenvalue weighted by Crippen LogP contribution is 2.17. The molecule has 1 fully saturated rings. The Hall–Kier alpha value is -3.22. The first-order chi connectivity index (χ1) is 13.3. The maximum atomic E-state index is 4.69. The number of anilines is 3. The smallest absolute Gasteiger partial charge is 0.225 e. The molecule has 1 N–H and O–H groups in total. The van der Waals surface area contributed by atoms with Crippen molar-refractivity contribution < 1.29 is 0 Å². The van der Waals surface area contributed by atoms with Crippen LogP contribution in [-0.4, -0.2) is 46.1 Å². The summed E-state index contributed by atoms with van der Waals surface area (Å²) in [6.07, 6.45) is 5.38. The predicted octanol–water partition coefficient (Wildman–Crippen LogP) is 2.51. The molecule has 27 heavy (non-hydrogen) atoms. The Morgan fingerprint density at radius 1 is 0.852 bits per heavy atom. The van der Waals surface area contributed by atoms with Gasteiger partial charge in [-0.3, -0.25) is 0 Å². The summed E-state index contributed by atoms with van der Waals surface area (Å²) in [5, 5.41) is 3.34. The molecule has 0 atom stereocenters. The molecule has 2 aromatic heterocycles. The molecule has 1 aromatic carbocycles. The second-order valence-electron chi connectivity index (χ2n) is 6.54. The molecule has 0 spiro atoms. The number of nitrogens with one attached hydrogen (secondary N) is 1. The highest BCUT2D eigenvalue weighted by atomic mass is 15.3. The molecule has 0 saturated carbocycles. The van der Waals surface area contributed by atoms with Gasteiger partial charge in [0.25, 0.3) is 0 Å². The molecule has 0 aliphatic carbocycles. The van der Waals surface area contributed by atoms with Crippen molar-refractivity contribution in [3.63, 3.8) is 0 Å². The zero-order valence-electron chi connectivity index (χ0n) is 15.4. The molecule has 1 saturated heterocycles. The Morgan fingerprint density at radius 2 is 1.59 bits per heavy atom. The summed E-state index contributed by atoms with van der Waals surface area (Å²) in [5.74, 6) is 2.40. The first kappa shape index (κ1) is 17.2. The molecule has 0 radical (unpaired) electrons. The summed E-state index contributed by atoms with van der Waals surface area (Å²) in [7, 11) is 0. The standard InChI is InChI=1S/C20H23N7/c1-16-5-2-3-6-17(16)15-24-19-21-10-7-18(25-19)26-11-13-27(14-12-26)20-22-8-4-9-23-20/h2-10H,11-15H2,1H3,(H,21,24,25). The van der Waals surface area contributed by atoms with E-state index in [4.69, 9.17) is 4.98 Å². The lowest BCUT2D eigenvalue weighted by molar-refractivity contribution is 0.634. The van der Waals surface area contributed by atoms with Crippen LogP contribution in [0.2, 0.25) is 0 Å². The van der Waals surface area contributed by atoms with Gasteiger partial charge in [0.1, 0.15) is 5.82 Å². The van der Waals surface area contributed by atoms with Gasteiger partial charge in [0.2, 0.25) is 11.9 Å². The van der Waals surface area contributed by atoms with Crippen LogP contribution in [0.15, 0.2) is 55.0 Å². The third-order valence-electron chi connectivity index (χ3n) is 4.78. The zero-order valence-corrected chi connectivity index (χ0v) is 15.4. The van der Waals surface area contributed by atoms with Crippen molar-refractivity contribution in [1.29, 1.82) is 0 Å². The van der Waals surface area contributed by atoms with Gasteiger partial charge in [-0.1, -0.05) is 24.3 Å². The van der Waals surface area contributed by atoms with E-state index < -0.39 is 0 Å². The lowest BCUT2D eigenvalue weighted by atomic mass is 10.1. The van der Waals surface area contributed by atoms with Crippen LogP contribution in [-0.2, 0) is 6.54 Å². The fourth-order valence-electron chi connectivity index (χ4n) is 3.18. The largest absolute Gasteiger partial charge is 0.353 e. The molecular formula is C20H23N7. The van der Waals surface area contributed by atoms with Crippen molar-refractivity contribution in [2.45, 2.75) is 13.5 Å². The Kier molecular flexibility index (Phi) is 5.09. The van der Waals surface area contributed by atoms with Crippen LogP contribution in [0.1, 0.15) is 11.1 Å². The van der Waals surface area contributed by atoms with Crippen molar-refractivity contribution in [2.75, 3.05) is 41.3 Å². The zero-order chi connectivity index (χ0) is 18.5. The van der Waals surface area contributed by atoms with E-state index in [0.29, 0.717) is 5.95 Å². The van der Waals surface area contributed by atoms with Crippen LogP contribution in [0.5, 0.6) is 0 Å². The van der Waals surface area contributed by atoms with Crippen LogP contribution in [0.3, 0.4) is 0 Å². The van der Waals surface area contributed by atoms with Crippen LogP contribution in [0.4, 0.5) is 17.7 Å². The van der Waals surface area contributed by atoms with Crippen molar-refractivity contribution in [2.24, 2.45) is 0 Å². The van der Waals surface area contributed by atoms with E-state index in [-0.39, 0.29) is 0 Å². The maximum absolute atomic E-state index is 4.69. The van der Waals surface area contributed by atoms with Crippen LogP contribution < -0.4 is 15.1 Å². The van der Waals surface area contributed by atoms with Gasteiger partial charge in [-0.25, -0.2) is 15.0 Å². The minimum Gasteiger partial charge on any atom is -0.353 e. The summed E-state index contributed by atoms with van der Waals surface area (Å²) in [4.78, 5) is 22.2. The lowest BCUT2D eigenvalue weighted by Gasteiger charge is -2.35. The minimum atomic E-state index is 0.657. The lowest BCUT2D eigenvalue weighted by Crippen LogP contribution is -2.47. The Morgan fingerprint density at radius 3 is 2.37 bits per heavy atom. The molecule has 0 unspecified atom stereocenters. The number of benzene rings is 1. The second-order valence-corrected chi connectivity index (χ2v) is 6.54. The van der Waals surface area contributed by atoms with Crippen LogP contribution in [0.25, 0.3) is 0 Å². The van der Waals surface area contributed by atoms with Gasteiger partial charge in [-0.2, -0.15) is 4.98 Å². The van der Waals surface area contributed by atoms with E-state index in [1.165, 1.54) is 11.1 Å². The summed E-state index contributed by atoms with van der Waals surface area (Å²) >= 11 is 0. The van der Waals surface area contributed by atoms with Gasteiger partial charge in [0.05, 0.1) is 0 Å². The van der Waals surface area contributed by atoms with Crippen LogP contribution in [0, 0.1) is 6.92 Å². The second kappa shape index (κ2) is 7.99. The first-order valence-corrected chi connectivity index (χ1v) is 9.18. The van der Waals surface area contributed by atoms with Crippen molar-refractivity contribution >= 4 is 17.7 Å². The molecular weight excluding hydrogens is 338 g/mol. The third kappa shape index (κ3) is 4.13. The number of piperazine rings is 1. The van der Waals surface area contributed by atoms with Gasteiger partial charge in [-0.15, -0.1) is 0 Å². The number of nitrogens with zero attached hydrogens (tertiary/aromatic N) is 6. The SMILES string of the molecule is Cc1ccccc1CNc1nccc(N2CCN(c3ncccn3)CC2)n1. The van der Waals surface area contributed by atoms with Crippen molar-refractivity contribution in [3.8, 4) is 0 Å². The summed E-state index contributed by atoms with van der Waals surface area (Å²) in [6.45, 7) is 6.35. The van der Waals surface area contributed by atoms with Gasteiger partial charge in [0.15, 0.2) is 0 Å². The van der Waals surface area contributed by atoms with Crippen molar-refractivity contribution in [1.82, 2.24) is 19.9 Å². The predicted molar refractivity (Wildman–Crippen MR) is 107 cm³/mol. The minimum absolute atomic E-state index is 0.657. The monoisotopic (exact) mass is 361 g/mol. The van der Waals surface area contributed by atoms with E-state index in [2.05, 4.69) is 61.3 Å². The number of hydrogen-bond donors (Lipinski definition) is 1. The number of rotatable bonds is 5. The Balaban J connectivity index is 1.37. The number of aryl methyl sites for hydroxylation is 1. The average Bonchev–Trinajstić information content (AvgIpc) is 2.74. The fourth-order valence-corrected chi connectivity index (χ4v) is 3.18. The summed E-state index contributed by atoms with van der Waals surface area (Å²) in [5.41, 5.74) is 2.52. The topological polar surface area (TPSA) is 70.1 Å². The number of aromatic nitrogens is 4. The van der Waals surface area contributed by atoms with E-state index in [9.17, 15) is 0 Å². The summed E-state index contributed by atoms with van der Waals surface area (Å²) in [6, 6.07) is 12.1. The average molecular weight is 361 g/mol. The van der Waals surface area contributed by atoms with Crippen LogP contribution >= 0.6 is 0 Å². The number of hydrogen-bond acceptors (Lipinski definition) is 7. The highest BCUT2D eigenvalue weighted by molar-refractivity contribution is 5.45. The molecule has 1 aliphatic heterocycles. The van der Waals surface area contributed by atoms with E-state index >= 15 is 0 Å². The Bertz CT molecular complexity index is 876. The van der Waals surface area contributed by atoms with E-state index in [1.54, 1.807) is 12.4 Å². The molecule has 7 heteroatoms. The molecule has 7 nitrogen and oxygen atoms in total. The third-order valence-corrected chi connectivity index (χ3v) is 4.78. The van der Waals surface area contributed by atoms with Gasteiger partial charge in [-0.05, 0) is 30.2 Å². The Labute approximate surface area is 159 Å².